The number of guanidine groups is 1. The molecule has 0 saturated heterocycles. The van der Waals surface area contributed by atoms with Crippen molar-refractivity contribution in [3.63, 3.8) is 0 Å². The summed E-state index contributed by atoms with van der Waals surface area (Å²) >= 11 is 0. The lowest BCUT2D eigenvalue weighted by atomic mass is 10.1. The molecule has 1 heterocycles. The van der Waals surface area contributed by atoms with Gasteiger partial charge in [-0.1, -0.05) is 13.8 Å². The number of nitrogens with one attached hydrogen (secondary N) is 2. The molecular formula is C22H37FN4O2. The molecule has 1 unspecified atom stereocenters. The van der Waals surface area contributed by atoms with Gasteiger partial charge < -0.3 is 25.0 Å². The van der Waals surface area contributed by atoms with Gasteiger partial charge in [0, 0.05) is 24.7 Å². The number of hydrogen-bond acceptors (Lipinski definition) is 4. The Bertz CT molecular complexity index is 650. The first-order valence-corrected chi connectivity index (χ1v) is 10.9. The molecule has 1 aliphatic heterocycles. The van der Waals surface area contributed by atoms with Gasteiger partial charge in [0.05, 0.1) is 6.61 Å². The highest BCUT2D eigenvalue weighted by Gasteiger charge is 2.16. The average Bonchev–Trinajstić information content (AvgIpc) is 2.71. The van der Waals surface area contributed by atoms with Gasteiger partial charge in [0.2, 0.25) is 0 Å². The monoisotopic (exact) mass is 408 g/mol. The van der Waals surface area contributed by atoms with Gasteiger partial charge in [0.1, 0.15) is 11.6 Å². The van der Waals surface area contributed by atoms with Crippen molar-refractivity contribution in [1.29, 1.82) is 0 Å². The van der Waals surface area contributed by atoms with Crippen LogP contribution in [-0.4, -0.2) is 56.4 Å². The van der Waals surface area contributed by atoms with Crippen LogP contribution in [0.1, 0.15) is 51.7 Å². The van der Waals surface area contributed by atoms with E-state index in [2.05, 4.69) is 48.2 Å². The van der Waals surface area contributed by atoms with E-state index in [0.717, 1.165) is 61.9 Å². The van der Waals surface area contributed by atoms with E-state index in [1.165, 1.54) is 12.1 Å². The van der Waals surface area contributed by atoms with Crippen LogP contribution in [-0.2, 0) is 17.8 Å². The number of halogens is 1. The van der Waals surface area contributed by atoms with Crippen molar-refractivity contribution in [2.24, 2.45) is 4.99 Å². The molecule has 0 saturated carbocycles. The molecule has 2 rings (SSSR count). The second-order valence-corrected chi connectivity index (χ2v) is 7.39. The number of fused-ring (bicyclic) bond motifs is 1. The highest BCUT2D eigenvalue weighted by Crippen LogP contribution is 2.29. The van der Waals surface area contributed by atoms with Gasteiger partial charge in [0.25, 0.3) is 0 Å². The number of benzene rings is 1. The number of ether oxygens (including phenoxy) is 2. The van der Waals surface area contributed by atoms with Crippen molar-refractivity contribution >= 4 is 5.96 Å². The minimum atomic E-state index is -0.260. The van der Waals surface area contributed by atoms with Crippen molar-refractivity contribution in [3.05, 3.63) is 29.1 Å². The quantitative estimate of drug-likeness (QED) is 0.435. The molecular weight excluding hydrogens is 371 g/mol. The van der Waals surface area contributed by atoms with Crippen LogP contribution in [0.15, 0.2) is 17.1 Å². The van der Waals surface area contributed by atoms with Gasteiger partial charge in [-0.25, -0.2) is 4.39 Å². The van der Waals surface area contributed by atoms with Crippen LogP contribution in [0.25, 0.3) is 0 Å². The van der Waals surface area contributed by atoms with Crippen molar-refractivity contribution in [1.82, 2.24) is 15.5 Å². The summed E-state index contributed by atoms with van der Waals surface area (Å²) in [7, 11) is 0. The zero-order chi connectivity index (χ0) is 21.1. The molecule has 0 radical (unpaired) electrons. The van der Waals surface area contributed by atoms with Crippen LogP contribution in [0.2, 0.25) is 0 Å². The van der Waals surface area contributed by atoms with E-state index in [9.17, 15) is 4.39 Å². The molecule has 0 aromatic heterocycles. The molecule has 1 aromatic rings. The molecule has 7 heteroatoms. The van der Waals surface area contributed by atoms with Crippen LogP contribution in [0.3, 0.4) is 0 Å². The van der Waals surface area contributed by atoms with Crippen molar-refractivity contribution in [3.8, 4) is 5.75 Å². The average molecular weight is 409 g/mol. The van der Waals surface area contributed by atoms with Crippen molar-refractivity contribution < 1.29 is 13.9 Å². The van der Waals surface area contributed by atoms with Gasteiger partial charge in [-0.05, 0) is 70.4 Å². The molecule has 6 nitrogen and oxygen atoms in total. The van der Waals surface area contributed by atoms with Gasteiger partial charge in [0.15, 0.2) is 12.8 Å². The first-order chi connectivity index (χ1) is 14.1. The number of aliphatic imine (C=N–C) groups is 1. The Labute approximate surface area is 174 Å². The summed E-state index contributed by atoms with van der Waals surface area (Å²) in [6, 6.07) is 3.36. The molecule has 29 heavy (non-hydrogen) atoms. The molecule has 0 bridgehead atoms. The molecule has 0 fully saturated rings. The minimum Gasteiger partial charge on any atom is -0.467 e. The number of hydrogen-bond donors (Lipinski definition) is 2. The summed E-state index contributed by atoms with van der Waals surface area (Å²) in [5.74, 6) is 1.29. The highest BCUT2D eigenvalue weighted by molar-refractivity contribution is 5.80. The van der Waals surface area contributed by atoms with Crippen molar-refractivity contribution in [2.45, 2.75) is 59.6 Å². The van der Waals surface area contributed by atoms with Crippen LogP contribution in [0.5, 0.6) is 5.75 Å². The van der Waals surface area contributed by atoms with Crippen LogP contribution in [0, 0.1) is 5.82 Å². The Morgan fingerprint density at radius 2 is 2.07 bits per heavy atom. The predicted molar refractivity (Wildman–Crippen MR) is 116 cm³/mol. The third kappa shape index (κ3) is 7.82. The maximum atomic E-state index is 13.9. The Balaban J connectivity index is 1.88. The Kier molecular flexibility index (Phi) is 10.2. The van der Waals surface area contributed by atoms with E-state index in [1.54, 1.807) is 0 Å². The molecule has 0 amide bonds. The van der Waals surface area contributed by atoms with E-state index in [0.29, 0.717) is 25.6 Å². The van der Waals surface area contributed by atoms with Crippen LogP contribution in [0.4, 0.5) is 4.39 Å². The Hall–Kier alpha value is -1.86. The summed E-state index contributed by atoms with van der Waals surface area (Å²) in [5.41, 5.74) is 1.61. The third-order valence-electron chi connectivity index (χ3n) is 5.14. The summed E-state index contributed by atoms with van der Waals surface area (Å²) in [6.45, 7) is 13.9. The largest absolute Gasteiger partial charge is 0.467 e. The lowest BCUT2D eigenvalue weighted by Gasteiger charge is -2.21. The second-order valence-electron chi connectivity index (χ2n) is 7.39. The lowest BCUT2D eigenvalue weighted by molar-refractivity contribution is -0.0172. The second kappa shape index (κ2) is 12.6. The lowest BCUT2D eigenvalue weighted by Crippen LogP contribution is -2.42. The summed E-state index contributed by atoms with van der Waals surface area (Å²) in [6.07, 6.45) is 2.86. The molecule has 1 atom stereocenters. The predicted octanol–water partition coefficient (Wildman–Crippen LogP) is 3.30. The SMILES string of the molecule is CCNC(=NCCc1cc(F)cc2c1OCOC2)NC(C)CCCN(CC)CC. The number of rotatable bonds is 11. The smallest absolute Gasteiger partial charge is 0.191 e. The Morgan fingerprint density at radius 3 is 2.79 bits per heavy atom. The van der Waals surface area contributed by atoms with Gasteiger partial charge in [-0.15, -0.1) is 0 Å². The van der Waals surface area contributed by atoms with Gasteiger partial charge in [-0.2, -0.15) is 0 Å². The normalized spacial score (nSPS) is 15.0. The third-order valence-corrected chi connectivity index (χ3v) is 5.14. The molecule has 1 aromatic carbocycles. The molecule has 164 valence electrons. The summed E-state index contributed by atoms with van der Waals surface area (Å²) < 4.78 is 24.7. The van der Waals surface area contributed by atoms with E-state index >= 15 is 0 Å². The summed E-state index contributed by atoms with van der Waals surface area (Å²) in [4.78, 5) is 7.12. The van der Waals surface area contributed by atoms with E-state index in [1.807, 2.05) is 0 Å². The molecule has 1 aliphatic rings. The van der Waals surface area contributed by atoms with E-state index in [-0.39, 0.29) is 12.6 Å². The van der Waals surface area contributed by atoms with E-state index in [4.69, 9.17) is 9.47 Å². The number of nitrogens with zero attached hydrogens (tertiary/aromatic N) is 2. The maximum absolute atomic E-state index is 13.9. The van der Waals surface area contributed by atoms with Gasteiger partial charge >= 0.3 is 0 Å². The first kappa shape index (κ1) is 23.4. The van der Waals surface area contributed by atoms with Gasteiger partial charge in [-0.3, -0.25) is 4.99 Å². The summed E-state index contributed by atoms with van der Waals surface area (Å²) in [5, 5.41) is 6.78. The molecule has 0 aliphatic carbocycles. The minimum absolute atomic E-state index is 0.212. The topological polar surface area (TPSA) is 58.1 Å². The maximum Gasteiger partial charge on any atom is 0.191 e. The Morgan fingerprint density at radius 1 is 1.28 bits per heavy atom. The first-order valence-electron chi connectivity index (χ1n) is 10.9. The zero-order valence-electron chi connectivity index (χ0n) is 18.4. The zero-order valence-corrected chi connectivity index (χ0v) is 18.4. The van der Waals surface area contributed by atoms with Crippen molar-refractivity contribution in [2.75, 3.05) is 39.5 Å². The highest BCUT2D eigenvalue weighted by atomic mass is 19.1. The van der Waals surface area contributed by atoms with E-state index < -0.39 is 0 Å². The molecule has 2 N–H and O–H groups in total. The fourth-order valence-corrected chi connectivity index (χ4v) is 3.52. The standard InChI is InChI=1S/C22H37FN4O2/c1-5-24-22(26-17(4)9-8-12-27(6-2)7-3)25-11-10-18-13-20(23)14-19-15-28-16-29-21(18)19/h13-14,17H,5-12,15-16H2,1-4H3,(H2,24,25,26). The fraction of sp³-hybridized carbons (Fsp3) is 0.682. The van der Waals surface area contributed by atoms with Crippen LogP contribution < -0.4 is 15.4 Å². The fourth-order valence-electron chi connectivity index (χ4n) is 3.52. The molecule has 0 spiro atoms. The van der Waals surface area contributed by atoms with Crippen LogP contribution >= 0.6 is 0 Å².